The van der Waals surface area contributed by atoms with Gasteiger partial charge in [0.1, 0.15) is 18.1 Å². The highest BCUT2D eigenvalue weighted by Gasteiger charge is 2.17. The first-order valence-corrected chi connectivity index (χ1v) is 11.7. The van der Waals surface area contributed by atoms with Gasteiger partial charge < -0.3 is 9.30 Å². The summed E-state index contributed by atoms with van der Waals surface area (Å²) in [6.45, 7) is 5.26. The van der Waals surface area contributed by atoms with Crippen LogP contribution in [0.5, 0.6) is 5.75 Å². The predicted molar refractivity (Wildman–Crippen MR) is 138 cm³/mol. The van der Waals surface area contributed by atoms with Gasteiger partial charge in [0, 0.05) is 18.9 Å². The Hall–Kier alpha value is -4.32. The van der Waals surface area contributed by atoms with Crippen LogP contribution in [0.15, 0.2) is 91.3 Å². The second-order valence-corrected chi connectivity index (χ2v) is 8.59. The first kappa shape index (κ1) is 23.4. The lowest BCUT2D eigenvalue weighted by molar-refractivity contribution is 0.362. The molecule has 36 heavy (non-hydrogen) atoms. The molecule has 0 aliphatic carbocycles. The van der Waals surface area contributed by atoms with Crippen LogP contribution in [0, 0.1) is 18.6 Å². The predicted octanol–water partition coefficient (Wildman–Crippen LogP) is 7.31. The fraction of sp³-hybridized carbons (Fsp3) is 0.133. The number of ether oxygens (including phenoxy) is 1. The molecule has 4 nitrogen and oxygen atoms in total. The molecule has 2 aliphatic rings. The van der Waals surface area contributed by atoms with Crippen LogP contribution in [-0.4, -0.2) is 21.1 Å². The van der Waals surface area contributed by atoms with E-state index < -0.39 is 11.6 Å². The Morgan fingerprint density at radius 1 is 0.917 bits per heavy atom. The molecule has 0 N–H and O–H groups in total. The van der Waals surface area contributed by atoms with Gasteiger partial charge in [-0.1, -0.05) is 48.6 Å². The lowest BCUT2D eigenvalue weighted by Crippen LogP contribution is -2.01. The van der Waals surface area contributed by atoms with Gasteiger partial charge in [-0.25, -0.2) is 18.7 Å². The maximum atomic E-state index is 14.2. The van der Waals surface area contributed by atoms with Crippen LogP contribution >= 0.6 is 0 Å². The molecule has 3 aromatic rings. The van der Waals surface area contributed by atoms with Crippen molar-refractivity contribution in [3.63, 3.8) is 0 Å². The maximum absolute atomic E-state index is 14.2. The summed E-state index contributed by atoms with van der Waals surface area (Å²) >= 11 is 0. The number of aromatic nitrogens is 3. The highest BCUT2D eigenvalue weighted by molar-refractivity contribution is 5.69. The SMILES string of the molecule is CC=CCOc1ccc(-c2ccc(Cn3ccc4nc(-c5cccc(F)c5F)nc-4c3)cc2)c(C)c1. The van der Waals surface area contributed by atoms with Crippen molar-refractivity contribution >= 4 is 0 Å². The zero-order valence-electron chi connectivity index (χ0n) is 20.1. The van der Waals surface area contributed by atoms with E-state index in [2.05, 4.69) is 53.3 Å². The minimum atomic E-state index is -0.938. The number of nitrogens with zero attached hydrogens (tertiary/aromatic N) is 3. The summed E-state index contributed by atoms with van der Waals surface area (Å²) in [5, 5.41) is 0. The Morgan fingerprint density at radius 3 is 2.50 bits per heavy atom. The number of hydrogen-bond donors (Lipinski definition) is 0. The molecule has 2 heterocycles. The van der Waals surface area contributed by atoms with Gasteiger partial charge in [-0.15, -0.1) is 0 Å². The van der Waals surface area contributed by atoms with E-state index in [0.29, 0.717) is 24.5 Å². The molecular weight excluding hydrogens is 456 g/mol. The first-order chi connectivity index (χ1) is 17.5. The van der Waals surface area contributed by atoms with Gasteiger partial charge in [0.05, 0.1) is 11.3 Å². The Labute approximate surface area is 208 Å². The third kappa shape index (κ3) is 4.89. The largest absolute Gasteiger partial charge is 0.490 e. The zero-order chi connectivity index (χ0) is 25.1. The standard InChI is InChI=1S/C30H25F2N3O/c1-3-4-16-36-23-12-13-24(20(2)17-23)22-10-8-21(9-11-22)18-35-15-14-27-28(19-35)34-30(33-27)25-6-5-7-26(31)29(25)32/h3-15,17,19H,16,18H2,1-2H3. The molecule has 0 unspecified atom stereocenters. The monoisotopic (exact) mass is 481 g/mol. The van der Waals surface area contributed by atoms with Gasteiger partial charge in [-0.05, 0) is 66.4 Å². The Kier molecular flexibility index (Phi) is 6.58. The highest BCUT2D eigenvalue weighted by Crippen LogP contribution is 2.29. The maximum Gasteiger partial charge on any atom is 0.169 e. The number of rotatable bonds is 7. The Morgan fingerprint density at radius 2 is 1.72 bits per heavy atom. The van der Waals surface area contributed by atoms with Crippen molar-refractivity contribution in [1.29, 1.82) is 0 Å². The van der Waals surface area contributed by atoms with Crippen LogP contribution in [0.3, 0.4) is 0 Å². The first-order valence-electron chi connectivity index (χ1n) is 11.7. The van der Waals surface area contributed by atoms with E-state index in [1.165, 1.54) is 12.1 Å². The molecule has 0 aromatic heterocycles. The van der Waals surface area contributed by atoms with Crippen LogP contribution < -0.4 is 4.74 Å². The molecule has 0 atom stereocenters. The van der Waals surface area contributed by atoms with Crippen molar-refractivity contribution in [2.75, 3.05) is 6.61 Å². The third-order valence-corrected chi connectivity index (χ3v) is 6.03. The molecule has 0 bridgehead atoms. The van der Waals surface area contributed by atoms with Gasteiger partial charge >= 0.3 is 0 Å². The van der Waals surface area contributed by atoms with E-state index in [9.17, 15) is 8.78 Å². The highest BCUT2D eigenvalue weighted by atomic mass is 19.2. The summed E-state index contributed by atoms with van der Waals surface area (Å²) in [5.74, 6) is -0.815. The number of aryl methyl sites for hydroxylation is 1. The van der Waals surface area contributed by atoms with Crippen molar-refractivity contribution in [2.45, 2.75) is 20.4 Å². The Balaban J connectivity index is 1.32. The molecule has 5 rings (SSSR count). The molecule has 0 amide bonds. The van der Waals surface area contributed by atoms with Gasteiger partial charge in [-0.3, -0.25) is 0 Å². The van der Waals surface area contributed by atoms with E-state index in [1.807, 2.05) is 48.2 Å². The minimum absolute atomic E-state index is 0.0565. The topological polar surface area (TPSA) is 39.9 Å². The number of fused-ring (bicyclic) bond motifs is 1. The summed E-state index contributed by atoms with van der Waals surface area (Å²) in [6.07, 6.45) is 7.73. The summed E-state index contributed by atoms with van der Waals surface area (Å²) in [7, 11) is 0. The summed E-state index contributed by atoms with van der Waals surface area (Å²) in [6, 6.07) is 20.4. The van der Waals surface area contributed by atoms with E-state index in [-0.39, 0.29) is 11.4 Å². The van der Waals surface area contributed by atoms with Crippen LogP contribution in [0.2, 0.25) is 0 Å². The van der Waals surface area contributed by atoms with Crippen LogP contribution in [0.1, 0.15) is 18.1 Å². The summed E-state index contributed by atoms with van der Waals surface area (Å²) < 4.78 is 35.5. The molecular formula is C30H25F2N3O. The number of halogens is 2. The minimum Gasteiger partial charge on any atom is -0.490 e. The molecule has 6 heteroatoms. The van der Waals surface area contributed by atoms with Crippen LogP contribution in [-0.2, 0) is 6.54 Å². The number of allylic oxidation sites excluding steroid dienone is 1. The molecule has 2 aliphatic heterocycles. The molecule has 180 valence electrons. The quantitative estimate of drug-likeness (QED) is 0.229. The fourth-order valence-corrected chi connectivity index (χ4v) is 4.14. The molecule has 3 aromatic carbocycles. The second-order valence-electron chi connectivity index (χ2n) is 8.59. The average molecular weight is 482 g/mol. The van der Waals surface area contributed by atoms with Crippen molar-refractivity contribution in [3.05, 3.63) is 114 Å². The molecule has 0 saturated carbocycles. The molecule has 0 saturated heterocycles. The van der Waals surface area contributed by atoms with E-state index >= 15 is 0 Å². The third-order valence-electron chi connectivity index (χ3n) is 6.03. The molecule has 0 fully saturated rings. The van der Waals surface area contributed by atoms with Gasteiger partial charge in [0.25, 0.3) is 0 Å². The Bertz CT molecular complexity index is 1510. The van der Waals surface area contributed by atoms with E-state index in [0.717, 1.165) is 34.1 Å². The number of benzene rings is 3. The number of hydrogen-bond acceptors (Lipinski definition) is 3. The van der Waals surface area contributed by atoms with E-state index in [4.69, 9.17) is 4.74 Å². The van der Waals surface area contributed by atoms with Crippen molar-refractivity contribution in [1.82, 2.24) is 14.5 Å². The average Bonchev–Trinajstić information content (AvgIpc) is 3.30. The lowest BCUT2D eigenvalue weighted by atomic mass is 9.99. The van der Waals surface area contributed by atoms with Gasteiger partial charge in [0.2, 0.25) is 0 Å². The number of imidazole rings is 1. The zero-order valence-corrected chi connectivity index (χ0v) is 20.1. The van der Waals surface area contributed by atoms with Gasteiger partial charge in [-0.2, -0.15) is 0 Å². The fourth-order valence-electron chi connectivity index (χ4n) is 4.14. The summed E-state index contributed by atoms with van der Waals surface area (Å²) in [5.41, 5.74) is 5.90. The van der Waals surface area contributed by atoms with Crippen molar-refractivity contribution < 1.29 is 13.5 Å². The van der Waals surface area contributed by atoms with Gasteiger partial charge in [0.15, 0.2) is 17.5 Å². The second kappa shape index (κ2) is 10.1. The smallest absolute Gasteiger partial charge is 0.169 e. The van der Waals surface area contributed by atoms with Crippen LogP contribution in [0.4, 0.5) is 8.78 Å². The number of pyridine rings is 1. The normalized spacial score (nSPS) is 11.4. The molecule has 0 spiro atoms. The van der Waals surface area contributed by atoms with Crippen molar-refractivity contribution in [2.24, 2.45) is 0 Å². The van der Waals surface area contributed by atoms with E-state index in [1.54, 1.807) is 0 Å². The molecule has 0 radical (unpaired) electrons. The van der Waals surface area contributed by atoms with Crippen molar-refractivity contribution in [3.8, 4) is 39.7 Å². The summed E-state index contributed by atoms with van der Waals surface area (Å²) in [4.78, 5) is 8.80. The lowest BCUT2D eigenvalue weighted by Gasteiger charge is -2.11. The van der Waals surface area contributed by atoms with Crippen LogP contribution in [0.25, 0.3) is 33.9 Å².